The third-order valence-electron chi connectivity index (χ3n) is 4.56. The molecule has 0 saturated heterocycles. The van der Waals surface area contributed by atoms with E-state index in [1.165, 1.54) is 0 Å². The quantitative estimate of drug-likeness (QED) is 0.408. The van der Waals surface area contributed by atoms with E-state index >= 15 is 0 Å². The van der Waals surface area contributed by atoms with Gasteiger partial charge in [0.25, 0.3) is 5.56 Å². The number of nitrogens with one attached hydrogen (secondary N) is 3. The average molecular weight is 465 g/mol. The van der Waals surface area contributed by atoms with Gasteiger partial charge in [-0.3, -0.25) is 25.2 Å². The zero-order valence-corrected chi connectivity index (χ0v) is 18.6. The Kier molecular flexibility index (Phi) is 8.91. The number of amides is 2. The van der Waals surface area contributed by atoms with Crippen molar-refractivity contribution >= 4 is 35.0 Å². The summed E-state index contributed by atoms with van der Waals surface area (Å²) in [5, 5.41) is 9.99. The van der Waals surface area contributed by atoms with Gasteiger partial charge in [0, 0.05) is 23.6 Å². The lowest BCUT2D eigenvalue weighted by Crippen LogP contribution is -2.41. The number of carbonyl (C=O) groups excluding carboxylic acids is 2. The number of hydrogen-bond acceptors (Lipinski definition) is 5. The normalized spacial score (nSPS) is 10.3. The van der Waals surface area contributed by atoms with Crippen molar-refractivity contribution in [2.45, 2.75) is 39.5 Å². The number of ether oxygens (including phenoxy) is 1. The van der Waals surface area contributed by atoms with Gasteiger partial charge in [-0.15, -0.1) is 0 Å². The van der Waals surface area contributed by atoms with E-state index in [-0.39, 0.29) is 36.8 Å². The number of benzene rings is 1. The summed E-state index contributed by atoms with van der Waals surface area (Å²) in [4.78, 5) is 38.3. The number of nitrogens with zero attached hydrogens (tertiary/aromatic N) is 1. The molecule has 0 unspecified atom stereocenters. The fourth-order valence-electron chi connectivity index (χ4n) is 2.93. The minimum Gasteiger partial charge on any atom is -0.492 e. The van der Waals surface area contributed by atoms with Crippen molar-refractivity contribution in [3.8, 4) is 11.8 Å². The summed E-state index contributed by atoms with van der Waals surface area (Å²) >= 11 is 11.8. The molecule has 2 rings (SSSR count). The zero-order chi connectivity index (χ0) is 23.0. The lowest BCUT2D eigenvalue weighted by molar-refractivity contribution is -0.129. The minimum absolute atomic E-state index is 0.0383. The number of halogens is 2. The fraction of sp³-hybridized carbons (Fsp3) is 0.333. The predicted octanol–water partition coefficient (Wildman–Crippen LogP) is 3.11. The van der Waals surface area contributed by atoms with Gasteiger partial charge in [-0.25, -0.2) is 0 Å². The largest absolute Gasteiger partial charge is 0.492 e. The molecular formula is C21H22Cl2N4O4. The van der Waals surface area contributed by atoms with Gasteiger partial charge < -0.3 is 9.72 Å². The molecule has 3 N–H and O–H groups in total. The summed E-state index contributed by atoms with van der Waals surface area (Å²) in [6.45, 7) is 3.66. The van der Waals surface area contributed by atoms with Crippen LogP contribution in [0.5, 0.6) is 5.75 Å². The van der Waals surface area contributed by atoms with Gasteiger partial charge in [-0.2, -0.15) is 5.26 Å². The molecule has 1 aromatic carbocycles. The Hall–Kier alpha value is -3.02. The van der Waals surface area contributed by atoms with Crippen LogP contribution in [0.15, 0.2) is 23.0 Å². The highest BCUT2D eigenvalue weighted by Crippen LogP contribution is 2.27. The molecule has 0 bridgehead atoms. The Morgan fingerprint density at radius 1 is 1.16 bits per heavy atom. The van der Waals surface area contributed by atoms with E-state index in [1.54, 1.807) is 32.0 Å². The molecule has 8 nitrogen and oxygen atoms in total. The number of hydrogen-bond donors (Lipinski definition) is 3. The summed E-state index contributed by atoms with van der Waals surface area (Å²) in [5.74, 6) is -0.268. The first-order valence-corrected chi connectivity index (χ1v) is 10.3. The van der Waals surface area contributed by atoms with Crippen LogP contribution in [0.1, 0.15) is 41.6 Å². The van der Waals surface area contributed by atoms with Crippen molar-refractivity contribution < 1.29 is 14.3 Å². The van der Waals surface area contributed by atoms with Crippen LogP contribution in [0.2, 0.25) is 10.0 Å². The Labute approximate surface area is 189 Å². The van der Waals surface area contributed by atoms with Crippen LogP contribution >= 0.6 is 23.2 Å². The van der Waals surface area contributed by atoms with E-state index in [4.69, 9.17) is 33.2 Å². The molecule has 0 spiro atoms. The lowest BCUT2D eigenvalue weighted by Gasteiger charge is -2.11. The fourth-order valence-corrected chi connectivity index (χ4v) is 3.39. The molecule has 0 fully saturated rings. The van der Waals surface area contributed by atoms with Crippen molar-refractivity contribution in [1.82, 2.24) is 15.8 Å². The average Bonchev–Trinajstić information content (AvgIpc) is 2.70. The third kappa shape index (κ3) is 7.02. The number of carbonyl (C=O) groups is 2. The monoisotopic (exact) mass is 464 g/mol. The number of aromatic amines is 1. The molecule has 1 heterocycles. The third-order valence-corrected chi connectivity index (χ3v) is 5.09. The highest BCUT2D eigenvalue weighted by molar-refractivity contribution is 6.35. The number of aromatic nitrogens is 1. The Morgan fingerprint density at radius 3 is 2.48 bits per heavy atom. The maximum Gasteiger partial charge on any atom is 0.266 e. The number of rotatable bonds is 8. The van der Waals surface area contributed by atoms with Gasteiger partial charge in [-0.05, 0) is 56.0 Å². The molecular weight excluding hydrogens is 443 g/mol. The first kappa shape index (κ1) is 24.3. The molecule has 2 aromatic rings. The SMILES string of the molecule is Cc1[nH]c(=O)c(C#N)c(C)c1CCC(=O)NNC(=O)CCCOc1ccc(Cl)cc1Cl. The Bertz CT molecular complexity index is 1080. The molecule has 1 aromatic heterocycles. The molecule has 0 aliphatic carbocycles. The molecule has 0 radical (unpaired) electrons. The lowest BCUT2D eigenvalue weighted by atomic mass is 9.99. The smallest absolute Gasteiger partial charge is 0.266 e. The summed E-state index contributed by atoms with van der Waals surface area (Å²) in [5.41, 5.74) is 6.20. The molecule has 31 heavy (non-hydrogen) atoms. The van der Waals surface area contributed by atoms with Crippen molar-refractivity contribution in [1.29, 1.82) is 5.26 Å². The number of pyridine rings is 1. The molecule has 164 valence electrons. The van der Waals surface area contributed by atoms with Crippen LogP contribution in [0.25, 0.3) is 0 Å². The highest BCUT2D eigenvalue weighted by atomic mass is 35.5. The van der Waals surface area contributed by atoms with E-state index in [0.29, 0.717) is 39.9 Å². The number of H-pyrrole nitrogens is 1. The molecule has 0 saturated carbocycles. The molecule has 0 aliphatic heterocycles. The first-order chi connectivity index (χ1) is 14.7. The molecule has 0 atom stereocenters. The molecule has 0 aliphatic rings. The second-order valence-corrected chi connectivity index (χ2v) is 7.64. The second kappa shape index (κ2) is 11.4. The first-order valence-electron chi connectivity index (χ1n) is 9.51. The van der Waals surface area contributed by atoms with Crippen LogP contribution < -0.4 is 21.1 Å². The second-order valence-electron chi connectivity index (χ2n) is 6.79. The number of aryl methyl sites for hydroxylation is 1. The molecule has 10 heteroatoms. The van der Waals surface area contributed by atoms with E-state index in [0.717, 1.165) is 5.56 Å². The summed E-state index contributed by atoms with van der Waals surface area (Å²) < 4.78 is 5.50. The van der Waals surface area contributed by atoms with Gasteiger partial charge >= 0.3 is 0 Å². The van der Waals surface area contributed by atoms with Crippen molar-refractivity contribution in [2.24, 2.45) is 0 Å². The maximum absolute atomic E-state index is 12.0. The van der Waals surface area contributed by atoms with Gasteiger partial charge in [0.2, 0.25) is 11.8 Å². The standard InChI is InChI=1S/C21H22Cl2N4O4/c1-12-15(13(2)25-21(30)16(12)11-24)6-8-20(29)27-26-19(28)4-3-9-31-18-7-5-14(22)10-17(18)23/h5,7,10H,3-4,6,8-9H2,1-2H3,(H,25,30)(H,26,28)(H,27,29). The summed E-state index contributed by atoms with van der Waals surface area (Å²) in [7, 11) is 0. The van der Waals surface area contributed by atoms with Gasteiger partial charge in [0.15, 0.2) is 0 Å². The van der Waals surface area contributed by atoms with E-state index in [1.807, 2.05) is 6.07 Å². The Morgan fingerprint density at radius 2 is 1.84 bits per heavy atom. The van der Waals surface area contributed by atoms with Crippen molar-refractivity contribution in [2.75, 3.05) is 6.61 Å². The van der Waals surface area contributed by atoms with Gasteiger partial charge in [0.05, 0.1) is 11.6 Å². The van der Waals surface area contributed by atoms with Crippen LogP contribution in [0.3, 0.4) is 0 Å². The van der Waals surface area contributed by atoms with Crippen LogP contribution in [0.4, 0.5) is 0 Å². The minimum atomic E-state index is -0.444. The number of hydrazine groups is 1. The van der Waals surface area contributed by atoms with Crippen molar-refractivity contribution in [3.05, 3.63) is 61.0 Å². The predicted molar refractivity (Wildman–Crippen MR) is 117 cm³/mol. The topological polar surface area (TPSA) is 124 Å². The van der Waals surface area contributed by atoms with E-state index < -0.39 is 5.56 Å². The summed E-state index contributed by atoms with van der Waals surface area (Å²) in [6, 6.07) is 6.75. The van der Waals surface area contributed by atoms with Gasteiger partial charge in [-0.1, -0.05) is 23.2 Å². The number of nitriles is 1. The van der Waals surface area contributed by atoms with Gasteiger partial charge in [0.1, 0.15) is 17.4 Å². The van der Waals surface area contributed by atoms with Crippen LogP contribution in [-0.2, 0) is 16.0 Å². The van der Waals surface area contributed by atoms with E-state index in [2.05, 4.69) is 15.8 Å². The van der Waals surface area contributed by atoms with Crippen molar-refractivity contribution in [3.63, 3.8) is 0 Å². The summed E-state index contributed by atoms with van der Waals surface area (Å²) in [6.07, 6.45) is 0.972. The van der Waals surface area contributed by atoms with E-state index in [9.17, 15) is 14.4 Å². The Balaban J connectivity index is 1.72. The highest BCUT2D eigenvalue weighted by Gasteiger charge is 2.13. The maximum atomic E-state index is 12.0. The van der Waals surface area contributed by atoms with Crippen LogP contribution in [0, 0.1) is 25.2 Å². The zero-order valence-electron chi connectivity index (χ0n) is 17.1. The molecule has 2 amide bonds. The van der Waals surface area contributed by atoms with Crippen LogP contribution in [-0.4, -0.2) is 23.4 Å².